The number of aromatic nitrogens is 2. The lowest BCUT2D eigenvalue weighted by Crippen LogP contribution is -2.20. The van der Waals surface area contributed by atoms with Gasteiger partial charge in [-0.05, 0) is 0 Å². The molecular weight excluding hydrogens is 233 g/mol. The number of hydrogen-bond acceptors (Lipinski definition) is 4. The maximum atomic E-state index is 10.7. The molecule has 1 amide bonds. The summed E-state index contributed by atoms with van der Waals surface area (Å²) in [6, 6.07) is 0. The molecule has 0 bridgehead atoms. The molecule has 1 rings (SSSR count). The highest BCUT2D eigenvalue weighted by Crippen LogP contribution is 2.18. The van der Waals surface area contributed by atoms with Gasteiger partial charge < -0.3 is 10.8 Å². The van der Waals surface area contributed by atoms with Gasteiger partial charge in [0.15, 0.2) is 21.7 Å². The number of nitrogens with two attached hydrogens (primary N) is 1. The highest BCUT2D eigenvalue weighted by molar-refractivity contribution is 6.40. The number of amides is 1. The number of carboxylic acid groups (broad SMARTS) is 1. The summed E-state index contributed by atoms with van der Waals surface area (Å²) >= 11 is 10.8. The summed E-state index contributed by atoms with van der Waals surface area (Å²) in [5.74, 6) is -2.49. The Morgan fingerprint density at radius 3 is 1.93 bits per heavy atom. The Bertz CT molecular complexity index is 382. The van der Waals surface area contributed by atoms with Gasteiger partial charge in [-0.3, -0.25) is 4.79 Å². The van der Waals surface area contributed by atoms with Gasteiger partial charge in [0.2, 0.25) is 0 Å². The molecule has 0 atom stereocenters. The van der Waals surface area contributed by atoms with E-state index in [1.165, 1.54) is 0 Å². The first kappa shape index (κ1) is 10.7. The largest absolute Gasteiger partial charge is 0.476 e. The Labute approximate surface area is 87.7 Å². The van der Waals surface area contributed by atoms with E-state index in [2.05, 4.69) is 9.97 Å². The number of carbonyl (C=O) groups excluding carboxylic acids is 1. The number of nitrogens with zero attached hydrogens (tertiary/aromatic N) is 2. The second-order valence-corrected chi connectivity index (χ2v) is 2.89. The van der Waals surface area contributed by atoms with Crippen molar-refractivity contribution >= 4 is 35.1 Å². The molecule has 0 aromatic carbocycles. The van der Waals surface area contributed by atoms with E-state index in [4.69, 9.17) is 34.0 Å². The molecule has 0 fully saturated rings. The van der Waals surface area contributed by atoms with Crippen molar-refractivity contribution in [3.63, 3.8) is 0 Å². The molecule has 0 saturated heterocycles. The molecule has 0 aliphatic rings. The fraction of sp³-hybridized carbons (Fsp3) is 0. The molecule has 3 N–H and O–H groups in total. The summed E-state index contributed by atoms with van der Waals surface area (Å²) in [5.41, 5.74) is 3.72. The number of hydrogen-bond donors (Lipinski definition) is 2. The smallest absolute Gasteiger partial charge is 0.357 e. The third-order valence-electron chi connectivity index (χ3n) is 1.25. The van der Waals surface area contributed by atoms with Crippen LogP contribution in [-0.4, -0.2) is 27.0 Å². The molecule has 0 radical (unpaired) electrons. The third kappa shape index (κ3) is 1.91. The fourth-order valence-corrected chi connectivity index (χ4v) is 0.969. The Balaban J connectivity index is 3.46. The zero-order valence-corrected chi connectivity index (χ0v) is 8.00. The van der Waals surface area contributed by atoms with E-state index in [0.29, 0.717) is 0 Å². The van der Waals surface area contributed by atoms with Crippen LogP contribution >= 0.6 is 23.2 Å². The van der Waals surface area contributed by atoms with Gasteiger partial charge in [-0.25, -0.2) is 14.8 Å². The fourth-order valence-electron chi connectivity index (χ4n) is 0.715. The number of halogens is 2. The van der Waals surface area contributed by atoms with Crippen LogP contribution in [0, 0.1) is 0 Å². The topological polar surface area (TPSA) is 106 Å². The van der Waals surface area contributed by atoms with Crippen molar-refractivity contribution in [1.82, 2.24) is 9.97 Å². The maximum absolute atomic E-state index is 10.7. The highest BCUT2D eigenvalue weighted by Gasteiger charge is 2.20. The van der Waals surface area contributed by atoms with Crippen molar-refractivity contribution in [1.29, 1.82) is 0 Å². The molecule has 1 aromatic heterocycles. The first-order valence-electron chi connectivity index (χ1n) is 3.19. The molecule has 6 nitrogen and oxygen atoms in total. The van der Waals surface area contributed by atoms with E-state index in [1.54, 1.807) is 0 Å². The molecule has 1 heterocycles. The molecule has 0 saturated carbocycles. The van der Waals surface area contributed by atoms with Gasteiger partial charge in [0.05, 0.1) is 0 Å². The van der Waals surface area contributed by atoms with E-state index in [-0.39, 0.29) is 10.3 Å². The zero-order chi connectivity index (χ0) is 10.9. The normalized spacial score (nSPS) is 9.86. The molecule has 0 aliphatic carbocycles. The van der Waals surface area contributed by atoms with Crippen LogP contribution in [0.25, 0.3) is 0 Å². The van der Waals surface area contributed by atoms with Gasteiger partial charge in [0, 0.05) is 0 Å². The predicted molar refractivity (Wildman–Crippen MR) is 47.5 cm³/mol. The Hall–Kier alpha value is -1.40. The van der Waals surface area contributed by atoms with Gasteiger partial charge in [0.25, 0.3) is 5.91 Å². The molecule has 0 spiro atoms. The number of rotatable bonds is 2. The Kier molecular flexibility index (Phi) is 2.87. The lowest BCUT2D eigenvalue weighted by Gasteiger charge is -2.01. The standard InChI is InChI=1S/C6H3Cl2N3O3/c7-3-4(8)11-2(6(13)14)1(10-3)5(9)12/h(H2,9,12)(H,13,14). The minimum absolute atomic E-state index is 0.273. The van der Waals surface area contributed by atoms with Gasteiger partial charge in [-0.1, -0.05) is 23.2 Å². The van der Waals surface area contributed by atoms with Crippen molar-refractivity contribution in [2.24, 2.45) is 5.73 Å². The second kappa shape index (κ2) is 3.77. The molecule has 0 aliphatic heterocycles. The van der Waals surface area contributed by atoms with Crippen LogP contribution in [0.5, 0.6) is 0 Å². The summed E-state index contributed by atoms with van der Waals surface area (Å²) in [4.78, 5) is 28.1. The van der Waals surface area contributed by atoms with E-state index < -0.39 is 23.3 Å². The minimum Gasteiger partial charge on any atom is -0.476 e. The van der Waals surface area contributed by atoms with Gasteiger partial charge >= 0.3 is 5.97 Å². The van der Waals surface area contributed by atoms with Crippen molar-refractivity contribution < 1.29 is 14.7 Å². The van der Waals surface area contributed by atoms with Crippen LogP contribution in [-0.2, 0) is 0 Å². The number of carbonyl (C=O) groups is 2. The lowest BCUT2D eigenvalue weighted by molar-refractivity contribution is 0.0684. The first-order chi connectivity index (χ1) is 6.43. The average Bonchev–Trinajstić information content (AvgIpc) is 2.08. The lowest BCUT2D eigenvalue weighted by atomic mass is 10.3. The Morgan fingerprint density at radius 2 is 1.57 bits per heavy atom. The number of aromatic carboxylic acids is 1. The average molecular weight is 236 g/mol. The van der Waals surface area contributed by atoms with Crippen LogP contribution in [0.1, 0.15) is 21.0 Å². The van der Waals surface area contributed by atoms with Gasteiger partial charge in [-0.2, -0.15) is 0 Å². The molecule has 74 valence electrons. The summed E-state index contributed by atoms with van der Waals surface area (Å²) in [5, 5.41) is 8.05. The van der Waals surface area contributed by atoms with Crippen LogP contribution in [0.15, 0.2) is 0 Å². The van der Waals surface area contributed by atoms with Crippen LogP contribution in [0.4, 0.5) is 0 Å². The molecular formula is C6H3Cl2N3O3. The maximum Gasteiger partial charge on any atom is 0.357 e. The van der Waals surface area contributed by atoms with Gasteiger partial charge in [0.1, 0.15) is 0 Å². The van der Waals surface area contributed by atoms with E-state index in [9.17, 15) is 9.59 Å². The zero-order valence-electron chi connectivity index (χ0n) is 6.49. The summed E-state index contributed by atoms with van der Waals surface area (Å²) in [6.45, 7) is 0. The molecule has 0 unspecified atom stereocenters. The summed E-state index contributed by atoms with van der Waals surface area (Å²) < 4.78 is 0. The SMILES string of the molecule is NC(=O)c1nc(Cl)c(Cl)nc1C(=O)O. The second-order valence-electron chi connectivity index (χ2n) is 2.17. The monoisotopic (exact) mass is 235 g/mol. The first-order valence-corrected chi connectivity index (χ1v) is 3.95. The van der Waals surface area contributed by atoms with E-state index >= 15 is 0 Å². The molecule has 8 heteroatoms. The molecule has 14 heavy (non-hydrogen) atoms. The Morgan fingerprint density at radius 1 is 1.14 bits per heavy atom. The summed E-state index contributed by atoms with van der Waals surface area (Å²) in [7, 11) is 0. The molecule has 1 aromatic rings. The van der Waals surface area contributed by atoms with Gasteiger partial charge in [-0.15, -0.1) is 0 Å². The van der Waals surface area contributed by atoms with E-state index in [0.717, 1.165) is 0 Å². The van der Waals surface area contributed by atoms with Crippen LogP contribution in [0.2, 0.25) is 10.3 Å². The van der Waals surface area contributed by atoms with Crippen molar-refractivity contribution in [3.05, 3.63) is 21.7 Å². The number of carboxylic acids is 1. The van der Waals surface area contributed by atoms with Crippen molar-refractivity contribution in [2.45, 2.75) is 0 Å². The number of primary amides is 1. The third-order valence-corrected chi connectivity index (χ3v) is 1.87. The predicted octanol–water partition coefficient (Wildman–Crippen LogP) is 0.581. The summed E-state index contributed by atoms with van der Waals surface area (Å²) in [6.07, 6.45) is 0. The minimum atomic E-state index is -1.45. The van der Waals surface area contributed by atoms with Crippen molar-refractivity contribution in [2.75, 3.05) is 0 Å². The van der Waals surface area contributed by atoms with Crippen LogP contribution in [0.3, 0.4) is 0 Å². The van der Waals surface area contributed by atoms with Crippen LogP contribution < -0.4 is 5.73 Å². The highest BCUT2D eigenvalue weighted by atomic mass is 35.5. The quantitative estimate of drug-likeness (QED) is 0.780. The van der Waals surface area contributed by atoms with E-state index in [1.807, 2.05) is 0 Å². The van der Waals surface area contributed by atoms with Crippen molar-refractivity contribution in [3.8, 4) is 0 Å².